The molecule has 0 radical (unpaired) electrons. The summed E-state index contributed by atoms with van der Waals surface area (Å²) in [4.78, 5) is 17.8. The Kier molecular flexibility index (Phi) is 7.40. The first-order chi connectivity index (χ1) is 18.2. The lowest BCUT2D eigenvalue weighted by Gasteiger charge is -2.25. The Morgan fingerprint density at radius 2 is 1.68 bits per heavy atom. The van der Waals surface area contributed by atoms with Crippen LogP contribution in [-0.4, -0.2) is 25.9 Å². The van der Waals surface area contributed by atoms with E-state index in [9.17, 15) is 13.2 Å². The van der Waals surface area contributed by atoms with E-state index in [0.29, 0.717) is 5.69 Å². The molecule has 5 rings (SSSR count). The Morgan fingerprint density at radius 1 is 0.947 bits per heavy atom. The largest absolute Gasteiger partial charge is 0.325 e. The van der Waals surface area contributed by atoms with Gasteiger partial charge in [0.15, 0.2) is 0 Å². The summed E-state index contributed by atoms with van der Waals surface area (Å²) in [7, 11) is -4.12. The van der Waals surface area contributed by atoms with Gasteiger partial charge in [-0.3, -0.25) is 9.10 Å². The van der Waals surface area contributed by atoms with Crippen molar-refractivity contribution < 1.29 is 13.2 Å². The molecule has 0 aliphatic heterocycles. The van der Waals surface area contributed by atoms with Gasteiger partial charge in [0.05, 0.1) is 30.8 Å². The molecule has 1 heterocycles. The quantitative estimate of drug-likeness (QED) is 0.217. The number of sulfonamides is 1. The molecular formula is C28H21Cl2N3O3S2. The zero-order valence-corrected chi connectivity index (χ0v) is 23.2. The standard InChI is InChI=1S/C28H21Cl2N3O3S2/c1-18-10-15-23-25(16-18)37-28(32-23)19-11-13-20(14-12-19)31-26(34)17-33(24-9-5-8-22(29)27(24)30)38(35,36)21-6-3-2-4-7-21/h2-16H,17H2,1H3,(H,31,34). The molecule has 1 amide bonds. The average Bonchev–Trinajstić information content (AvgIpc) is 3.33. The summed E-state index contributed by atoms with van der Waals surface area (Å²) in [5.41, 5.74) is 3.66. The van der Waals surface area contributed by atoms with E-state index in [1.807, 2.05) is 31.2 Å². The highest BCUT2D eigenvalue weighted by atomic mass is 35.5. The molecule has 5 aromatic rings. The third-order valence-corrected chi connectivity index (χ3v) is 9.43. The Balaban J connectivity index is 1.39. The molecule has 1 N–H and O–H groups in total. The fraction of sp³-hybridized carbons (Fsp3) is 0.0714. The first-order valence-corrected chi connectivity index (χ1v) is 14.5. The second-order valence-electron chi connectivity index (χ2n) is 8.51. The van der Waals surface area contributed by atoms with Crippen molar-refractivity contribution in [3.63, 3.8) is 0 Å². The van der Waals surface area contributed by atoms with Crippen LogP contribution in [0.4, 0.5) is 11.4 Å². The Morgan fingerprint density at radius 3 is 2.42 bits per heavy atom. The van der Waals surface area contributed by atoms with E-state index in [1.165, 1.54) is 23.8 Å². The zero-order valence-electron chi connectivity index (χ0n) is 20.1. The maximum atomic E-state index is 13.5. The second kappa shape index (κ2) is 10.7. The van der Waals surface area contributed by atoms with E-state index in [0.717, 1.165) is 25.1 Å². The molecule has 1 aromatic heterocycles. The van der Waals surface area contributed by atoms with E-state index in [2.05, 4.69) is 11.4 Å². The number of aryl methyl sites for hydroxylation is 1. The predicted octanol–water partition coefficient (Wildman–Crippen LogP) is 7.41. The number of carbonyl (C=O) groups excluding carboxylic acids is 1. The summed E-state index contributed by atoms with van der Waals surface area (Å²) in [5.74, 6) is -0.538. The fourth-order valence-corrected chi connectivity index (χ4v) is 6.86. The average molecular weight is 583 g/mol. The number of hydrogen-bond acceptors (Lipinski definition) is 5. The number of thiazole rings is 1. The van der Waals surface area contributed by atoms with E-state index in [4.69, 9.17) is 28.2 Å². The lowest BCUT2D eigenvalue weighted by Crippen LogP contribution is -2.38. The van der Waals surface area contributed by atoms with Crippen LogP contribution < -0.4 is 9.62 Å². The predicted molar refractivity (Wildman–Crippen MR) is 156 cm³/mol. The highest BCUT2D eigenvalue weighted by Gasteiger charge is 2.29. The summed E-state index contributed by atoms with van der Waals surface area (Å²) in [6.45, 7) is 1.54. The molecule has 0 fully saturated rings. The number of nitrogens with zero attached hydrogens (tertiary/aromatic N) is 2. The van der Waals surface area contributed by atoms with Gasteiger partial charge in [-0.05, 0) is 73.2 Å². The minimum Gasteiger partial charge on any atom is -0.325 e. The molecule has 0 aliphatic carbocycles. The van der Waals surface area contributed by atoms with Crippen molar-refractivity contribution in [1.82, 2.24) is 4.98 Å². The first kappa shape index (κ1) is 26.2. The van der Waals surface area contributed by atoms with Crippen molar-refractivity contribution in [2.75, 3.05) is 16.2 Å². The van der Waals surface area contributed by atoms with Gasteiger partial charge < -0.3 is 5.32 Å². The molecule has 0 saturated heterocycles. The van der Waals surface area contributed by atoms with Gasteiger partial charge in [-0.2, -0.15) is 0 Å². The number of fused-ring (bicyclic) bond motifs is 1. The van der Waals surface area contributed by atoms with Crippen molar-refractivity contribution >= 4 is 72.1 Å². The summed E-state index contributed by atoms with van der Waals surface area (Å²) < 4.78 is 29.1. The van der Waals surface area contributed by atoms with Crippen LogP contribution in [-0.2, 0) is 14.8 Å². The van der Waals surface area contributed by atoms with Crippen molar-refractivity contribution in [3.05, 3.63) is 107 Å². The number of carbonyl (C=O) groups is 1. The summed E-state index contributed by atoms with van der Waals surface area (Å²) in [5, 5.41) is 3.87. The van der Waals surface area contributed by atoms with Crippen molar-refractivity contribution in [3.8, 4) is 10.6 Å². The van der Waals surface area contributed by atoms with Gasteiger partial charge in [0.25, 0.3) is 10.0 Å². The van der Waals surface area contributed by atoms with Crippen LogP contribution in [0.5, 0.6) is 0 Å². The van der Waals surface area contributed by atoms with Crippen molar-refractivity contribution in [1.29, 1.82) is 0 Å². The summed E-state index contributed by atoms with van der Waals surface area (Å²) in [6, 6.07) is 25.9. The summed E-state index contributed by atoms with van der Waals surface area (Å²) >= 11 is 14.1. The fourth-order valence-electron chi connectivity index (χ4n) is 3.89. The number of hydrogen-bond donors (Lipinski definition) is 1. The molecular weight excluding hydrogens is 561 g/mol. The minimum atomic E-state index is -4.12. The van der Waals surface area contributed by atoms with Gasteiger partial charge in [-0.1, -0.05) is 53.5 Å². The molecule has 4 aromatic carbocycles. The Bertz CT molecular complexity index is 1740. The lowest BCUT2D eigenvalue weighted by molar-refractivity contribution is -0.114. The molecule has 0 aliphatic rings. The highest BCUT2D eigenvalue weighted by Crippen LogP contribution is 2.35. The van der Waals surface area contributed by atoms with Crippen LogP contribution in [0.2, 0.25) is 10.0 Å². The number of anilines is 2. The van der Waals surface area contributed by atoms with Gasteiger partial charge in [0.1, 0.15) is 11.6 Å². The Labute approximate surface area is 234 Å². The van der Waals surface area contributed by atoms with Crippen LogP contribution in [0.15, 0.2) is 95.9 Å². The number of aromatic nitrogens is 1. The van der Waals surface area contributed by atoms with Crippen LogP contribution in [0.25, 0.3) is 20.8 Å². The van der Waals surface area contributed by atoms with E-state index in [-0.39, 0.29) is 20.6 Å². The Hall–Kier alpha value is -3.43. The van der Waals surface area contributed by atoms with Crippen LogP contribution >= 0.6 is 34.5 Å². The number of halogens is 2. The van der Waals surface area contributed by atoms with E-state index in [1.54, 1.807) is 53.8 Å². The topological polar surface area (TPSA) is 79.4 Å². The molecule has 0 unspecified atom stereocenters. The molecule has 0 saturated carbocycles. The van der Waals surface area contributed by atoms with Gasteiger partial charge in [-0.15, -0.1) is 11.3 Å². The summed E-state index contributed by atoms with van der Waals surface area (Å²) in [6.07, 6.45) is 0. The van der Waals surface area contributed by atoms with Gasteiger partial charge in [0, 0.05) is 11.3 Å². The van der Waals surface area contributed by atoms with Gasteiger partial charge >= 0.3 is 0 Å². The molecule has 10 heteroatoms. The number of rotatable bonds is 7. The number of nitrogens with one attached hydrogen (secondary N) is 1. The SMILES string of the molecule is Cc1ccc2nc(-c3ccc(NC(=O)CN(c4cccc(Cl)c4Cl)S(=O)(=O)c4ccccc4)cc3)sc2c1. The van der Waals surface area contributed by atoms with Gasteiger partial charge in [-0.25, -0.2) is 13.4 Å². The molecule has 0 spiro atoms. The second-order valence-corrected chi connectivity index (χ2v) is 12.2. The molecule has 0 atom stereocenters. The van der Waals surface area contributed by atoms with Crippen LogP contribution in [0, 0.1) is 6.92 Å². The number of benzene rings is 4. The first-order valence-electron chi connectivity index (χ1n) is 11.5. The maximum Gasteiger partial charge on any atom is 0.264 e. The monoisotopic (exact) mass is 581 g/mol. The smallest absolute Gasteiger partial charge is 0.264 e. The molecule has 38 heavy (non-hydrogen) atoms. The van der Waals surface area contributed by atoms with Gasteiger partial charge in [0.2, 0.25) is 5.91 Å². The van der Waals surface area contributed by atoms with E-state index < -0.39 is 22.5 Å². The van der Waals surface area contributed by atoms with Crippen molar-refractivity contribution in [2.45, 2.75) is 11.8 Å². The van der Waals surface area contributed by atoms with Crippen LogP contribution in [0.3, 0.4) is 0 Å². The highest BCUT2D eigenvalue weighted by molar-refractivity contribution is 7.92. The third-order valence-electron chi connectivity index (χ3n) is 5.78. The zero-order chi connectivity index (χ0) is 26.9. The lowest BCUT2D eigenvalue weighted by atomic mass is 10.2. The molecule has 6 nitrogen and oxygen atoms in total. The minimum absolute atomic E-state index is 0.0271. The normalized spacial score (nSPS) is 11.4. The number of amides is 1. The molecule has 192 valence electrons. The molecule has 0 bridgehead atoms. The van der Waals surface area contributed by atoms with Crippen molar-refractivity contribution in [2.24, 2.45) is 0 Å². The third kappa shape index (κ3) is 5.39. The van der Waals surface area contributed by atoms with Crippen LogP contribution in [0.1, 0.15) is 5.56 Å². The van der Waals surface area contributed by atoms with E-state index >= 15 is 0 Å². The maximum absolute atomic E-state index is 13.5.